The summed E-state index contributed by atoms with van der Waals surface area (Å²) in [6, 6.07) is 11.5. The predicted molar refractivity (Wildman–Crippen MR) is 106 cm³/mol. The molecule has 7 heteroatoms. The number of hydrogen-bond acceptors (Lipinski definition) is 4. The van der Waals surface area contributed by atoms with Crippen molar-refractivity contribution in [2.45, 2.75) is 6.92 Å². The van der Waals surface area contributed by atoms with Crippen molar-refractivity contribution in [1.29, 1.82) is 0 Å². The number of hydrogen-bond donors (Lipinski definition) is 0. The van der Waals surface area contributed by atoms with Crippen molar-refractivity contribution in [3.63, 3.8) is 0 Å². The molecular formula is C20H21ClN4O2. The van der Waals surface area contributed by atoms with E-state index in [4.69, 9.17) is 16.3 Å². The van der Waals surface area contributed by atoms with Gasteiger partial charge in [0.05, 0.1) is 12.8 Å². The number of nitrogens with zero attached hydrogens (tertiary/aromatic N) is 4. The third-order valence-electron chi connectivity index (χ3n) is 4.95. The van der Waals surface area contributed by atoms with E-state index in [1.54, 1.807) is 7.11 Å². The summed E-state index contributed by atoms with van der Waals surface area (Å²) >= 11 is 6.10. The fourth-order valence-electron chi connectivity index (χ4n) is 3.56. The largest absolute Gasteiger partial charge is 0.493 e. The molecule has 3 heterocycles. The molecule has 0 N–H and O–H groups in total. The van der Waals surface area contributed by atoms with Gasteiger partial charge in [0.15, 0.2) is 11.4 Å². The number of anilines is 1. The maximum atomic E-state index is 13.2. The number of fused-ring (bicyclic) bond motifs is 1. The van der Waals surface area contributed by atoms with Crippen molar-refractivity contribution in [2.75, 3.05) is 38.2 Å². The van der Waals surface area contributed by atoms with Crippen LogP contribution in [-0.4, -0.2) is 53.5 Å². The molecule has 1 saturated heterocycles. The molecule has 4 rings (SSSR count). The molecule has 1 aliphatic heterocycles. The van der Waals surface area contributed by atoms with Gasteiger partial charge in [-0.05, 0) is 37.3 Å². The minimum atomic E-state index is -0.000929. The van der Waals surface area contributed by atoms with Crippen molar-refractivity contribution in [3.8, 4) is 5.75 Å². The topological polar surface area (TPSA) is 50.1 Å². The lowest BCUT2D eigenvalue weighted by atomic mass is 10.2. The summed E-state index contributed by atoms with van der Waals surface area (Å²) in [6.07, 6.45) is 1.85. The molecule has 0 saturated carbocycles. The highest BCUT2D eigenvalue weighted by Crippen LogP contribution is 2.24. The van der Waals surface area contributed by atoms with Gasteiger partial charge in [-0.15, -0.1) is 0 Å². The summed E-state index contributed by atoms with van der Waals surface area (Å²) in [4.78, 5) is 21.9. The Morgan fingerprint density at radius 1 is 1.15 bits per heavy atom. The first-order chi connectivity index (χ1) is 13.1. The highest BCUT2D eigenvalue weighted by Gasteiger charge is 2.27. The smallest absolute Gasteiger partial charge is 0.272 e. The number of amides is 1. The van der Waals surface area contributed by atoms with Gasteiger partial charge in [-0.2, -0.15) is 0 Å². The van der Waals surface area contributed by atoms with E-state index in [-0.39, 0.29) is 5.91 Å². The maximum Gasteiger partial charge on any atom is 0.272 e. The number of carbonyl (C=O) groups is 1. The number of rotatable bonds is 3. The molecule has 27 heavy (non-hydrogen) atoms. The van der Waals surface area contributed by atoms with Crippen molar-refractivity contribution in [2.24, 2.45) is 0 Å². The van der Waals surface area contributed by atoms with Crippen LogP contribution in [-0.2, 0) is 0 Å². The van der Waals surface area contributed by atoms with E-state index in [0.29, 0.717) is 35.9 Å². The number of methoxy groups -OCH3 is 1. The lowest BCUT2D eigenvalue weighted by molar-refractivity contribution is 0.0739. The highest BCUT2D eigenvalue weighted by atomic mass is 35.5. The van der Waals surface area contributed by atoms with Crippen molar-refractivity contribution >= 4 is 28.8 Å². The summed E-state index contributed by atoms with van der Waals surface area (Å²) in [5, 5.41) is 0.723. The fourth-order valence-corrected chi connectivity index (χ4v) is 3.75. The number of ether oxygens (including phenoxy) is 1. The Morgan fingerprint density at radius 2 is 1.93 bits per heavy atom. The fraction of sp³-hybridized carbons (Fsp3) is 0.300. The second kappa shape index (κ2) is 7.12. The number of benzene rings is 1. The maximum absolute atomic E-state index is 13.2. The Morgan fingerprint density at radius 3 is 2.63 bits per heavy atom. The number of aromatic nitrogens is 2. The van der Waals surface area contributed by atoms with Crippen molar-refractivity contribution in [1.82, 2.24) is 14.3 Å². The minimum Gasteiger partial charge on any atom is -0.493 e. The number of halogens is 1. The van der Waals surface area contributed by atoms with Gasteiger partial charge in [-0.1, -0.05) is 17.7 Å². The molecule has 0 radical (unpaired) electrons. The summed E-state index contributed by atoms with van der Waals surface area (Å²) < 4.78 is 7.19. The molecule has 1 aliphatic rings. The molecule has 1 amide bonds. The van der Waals surface area contributed by atoms with E-state index in [1.807, 2.05) is 58.8 Å². The molecule has 3 aromatic rings. The van der Waals surface area contributed by atoms with Crippen molar-refractivity contribution < 1.29 is 9.53 Å². The number of pyridine rings is 1. The molecule has 6 nitrogen and oxygen atoms in total. The van der Waals surface area contributed by atoms with Crippen LogP contribution in [0.2, 0.25) is 5.02 Å². The molecule has 0 aliphatic carbocycles. The Labute approximate surface area is 162 Å². The monoisotopic (exact) mass is 384 g/mol. The second-order valence-electron chi connectivity index (χ2n) is 6.58. The van der Waals surface area contributed by atoms with E-state index in [2.05, 4.69) is 9.88 Å². The van der Waals surface area contributed by atoms with Gasteiger partial charge in [0.25, 0.3) is 5.91 Å². The molecular weight excluding hydrogens is 364 g/mol. The molecule has 1 fully saturated rings. The zero-order chi connectivity index (χ0) is 19.0. The van der Waals surface area contributed by atoms with E-state index < -0.39 is 0 Å². The van der Waals surface area contributed by atoms with E-state index in [9.17, 15) is 4.79 Å². The quantitative estimate of drug-likeness (QED) is 0.695. The van der Waals surface area contributed by atoms with E-state index >= 15 is 0 Å². The van der Waals surface area contributed by atoms with Gasteiger partial charge in [0, 0.05) is 43.1 Å². The van der Waals surface area contributed by atoms with E-state index in [1.165, 1.54) is 0 Å². The third kappa shape index (κ3) is 3.21. The molecule has 2 aromatic heterocycles. The van der Waals surface area contributed by atoms with Crippen LogP contribution >= 0.6 is 11.6 Å². The molecule has 0 atom stereocenters. The average molecular weight is 385 g/mol. The first-order valence-electron chi connectivity index (χ1n) is 8.90. The number of piperazine rings is 1. The van der Waals surface area contributed by atoms with Gasteiger partial charge in [-0.25, -0.2) is 4.98 Å². The van der Waals surface area contributed by atoms with Gasteiger partial charge >= 0.3 is 0 Å². The lowest BCUT2D eigenvalue weighted by Gasteiger charge is -2.36. The standard InChI is InChI=1S/C20H21ClN4O2/c1-14-18(25-8-4-7-17(27-2)19(25)22-14)20(26)24-11-9-23(10-12-24)16-6-3-5-15(21)13-16/h3-8,13H,9-12H2,1-2H3. The van der Waals surface area contributed by atoms with Crippen LogP contribution < -0.4 is 9.64 Å². The predicted octanol–water partition coefficient (Wildman–Crippen LogP) is 3.27. The first kappa shape index (κ1) is 17.7. The Bertz CT molecular complexity index is 993. The molecule has 0 unspecified atom stereocenters. The molecule has 1 aromatic carbocycles. The van der Waals surface area contributed by atoms with Gasteiger partial charge in [0.1, 0.15) is 5.69 Å². The van der Waals surface area contributed by atoms with E-state index in [0.717, 1.165) is 23.8 Å². The Hall–Kier alpha value is -2.73. The molecule has 0 bridgehead atoms. The van der Waals surface area contributed by atoms with Crippen LogP contribution in [0.4, 0.5) is 5.69 Å². The van der Waals surface area contributed by atoms with Crippen LogP contribution in [0.3, 0.4) is 0 Å². The Kier molecular flexibility index (Phi) is 4.66. The van der Waals surface area contributed by atoms with Crippen LogP contribution in [0.5, 0.6) is 5.75 Å². The van der Waals surface area contributed by atoms with Gasteiger partial charge in [0.2, 0.25) is 0 Å². The number of aryl methyl sites for hydroxylation is 1. The summed E-state index contributed by atoms with van der Waals surface area (Å²) in [6.45, 7) is 4.71. The summed E-state index contributed by atoms with van der Waals surface area (Å²) in [5.41, 5.74) is 3.06. The second-order valence-corrected chi connectivity index (χ2v) is 7.01. The van der Waals surface area contributed by atoms with Crippen LogP contribution in [0.1, 0.15) is 16.2 Å². The number of imidazole rings is 1. The third-order valence-corrected chi connectivity index (χ3v) is 5.19. The highest BCUT2D eigenvalue weighted by molar-refractivity contribution is 6.30. The van der Waals surface area contributed by atoms with Crippen molar-refractivity contribution in [3.05, 3.63) is 59.0 Å². The zero-order valence-corrected chi connectivity index (χ0v) is 16.1. The molecule has 0 spiro atoms. The summed E-state index contributed by atoms with van der Waals surface area (Å²) in [5.74, 6) is 0.657. The number of carbonyl (C=O) groups excluding carboxylic acids is 1. The molecule has 140 valence electrons. The Balaban J connectivity index is 1.55. The normalized spacial score (nSPS) is 14.6. The average Bonchev–Trinajstić information content (AvgIpc) is 3.03. The van der Waals surface area contributed by atoms with Crippen LogP contribution in [0.25, 0.3) is 5.65 Å². The van der Waals surface area contributed by atoms with Gasteiger partial charge in [-0.3, -0.25) is 9.20 Å². The van der Waals surface area contributed by atoms with Crippen LogP contribution in [0, 0.1) is 6.92 Å². The first-order valence-corrected chi connectivity index (χ1v) is 9.27. The van der Waals surface area contributed by atoms with Crippen LogP contribution in [0.15, 0.2) is 42.6 Å². The zero-order valence-electron chi connectivity index (χ0n) is 15.4. The summed E-state index contributed by atoms with van der Waals surface area (Å²) in [7, 11) is 1.61. The lowest BCUT2D eigenvalue weighted by Crippen LogP contribution is -2.49. The van der Waals surface area contributed by atoms with Gasteiger partial charge < -0.3 is 14.5 Å². The SMILES string of the molecule is COc1cccn2c(C(=O)N3CCN(c4cccc(Cl)c4)CC3)c(C)nc12. The minimum absolute atomic E-state index is 0.000929.